The van der Waals surface area contributed by atoms with Gasteiger partial charge in [-0.2, -0.15) is 5.10 Å². The highest BCUT2D eigenvalue weighted by atomic mass is 35.5. The van der Waals surface area contributed by atoms with Crippen LogP contribution in [0, 0.1) is 10.1 Å². The maximum absolute atomic E-state index is 12.6. The van der Waals surface area contributed by atoms with E-state index in [2.05, 4.69) is 20.4 Å². The van der Waals surface area contributed by atoms with Crippen molar-refractivity contribution in [2.24, 2.45) is 0 Å². The third-order valence-electron chi connectivity index (χ3n) is 4.50. The molecule has 0 aliphatic heterocycles. The summed E-state index contributed by atoms with van der Waals surface area (Å²) in [5, 5.41) is 17.7. The second kappa shape index (κ2) is 8.81. The number of halogens is 1. The fourth-order valence-corrected chi connectivity index (χ4v) is 3.90. The molecular weight excluding hydrogens is 456 g/mol. The molecule has 0 fully saturated rings. The van der Waals surface area contributed by atoms with E-state index >= 15 is 0 Å². The standard InChI is InChI=1S/C20H15ClN6O4S/c1-11(18(28)23-16-8-7-13(27(30)31)9-15(16)21)32-20-24-17-14(19(29)25-20)10-22-26(17)12-5-3-2-4-6-12/h2-11H,1H3,(H,23,28)(H,24,25,29)/t11-/m1/s1. The van der Waals surface area contributed by atoms with Gasteiger partial charge in [0.1, 0.15) is 5.39 Å². The summed E-state index contributed by atoms with van der Waals surface area (Å²) in [6.07, 6.45) is 1.44. The molecule has 12 heteroatoms. The number of rotatable bonds is 6. The van der Waals surface area contributed by atoms with Gasteiger partial charge in [-0.3, -0.25) is 19.7 Å². The van der Waals surface area contributed by atoms with Gasteiger partial charge in [0.25, 0.3) is 11.2 Å². The van der Waals surface area contributed by atoms with E-state index in [-0.39, 0.29) is 27.1 Å². The highest BCUT2D eigenvalue weighted by molar-refractivity contribution is 8.00. The van der Waals surface area contributed by atoms with Gasteiger partial charge >= 0.3 is 0 Å². The summed E-state index contributed by atoms with van der Waals surface area (Å²) in [7, 11) is 0. The number of thioether (sulfide) groups is 1. The molecule has 0 saturated heterocycles. The van der Waals surface area contributed by atoms with Crippen LogP contribution < -0.4 is 10.9 Å². The number of benzene rings is 2. The largest absolute Gasteiger partial charge is 0.324 e. The van der Waals surface area contributed by atoms with Crippen molar-refractivity contribution < 1.29 is 9.72 Å². The van der Waals surface area contributed by atoms with E-state index in [0.717, 1.165) is 23.5 Å². The monoisotopic (exact) mass is 470 g/mol. The summed E-state index contributed by atoms with van der Waals surface area (Å²) >= 11 is 7.09. The van der Waals surface area contributed by atoms with E-state index in [0.29, 0.717) is 11.0 Å². The van der Waals surface area contributed by atoms with Crippen molar-refractivity contribution in [3.8, 4) is 5.69 Å². The van der Waals surface area contributed by atoms with Crippen molar-refractivity contribution >= 4 is 51.7 Å². The Hall–Kier alpha value is -3.70. The smallest absolute Gasteiger partial charge is 0.271 e. The average molecular weight is 471 g/mol. The molecule has 10 nitrogen and oxygen atoms in total. The Morgan fingerprint density at radius 3 is 2.72 bits per heavy atom. The number of nitrogens with zero attached hydrogens (tertiary/aromatic N) is 4. The van der Waals surface area contributed by atoms with Crippen molar-refractivity contribution in [1.82, 2.24) is 19.7 Å². The van der Waals surface area contributed by atoms with Gasteiger partial charge in [0, 0.05) is 12.1 Å². The van der Waals surface area contributed by atoms with E-state index in [4.69, 9.17) is 11.6 Å². The minimum absolute atomic E-state index is 0.0458. The number of H-pyrrole nitrogens is 1. The molecule has 0 spiro atoms. The Kier molecular flexibility index (Phi) is 5.93. The molecule has 32 heavy (non-hydrogen) atoms. The van der Waals surface area contributed by atoms with Crippen LogP contribution in [0.3, 0.4) is 0 Å². The number of aromatic nitrogens is 4. The van der Waals surface area contributed by atoms with Crippen LogP contribution in [0.5, 0.6) is 0 Å². The lowest BCUT2D eigenvalue weighted by molar-refractivity contribution is -0.384. The summed E-state index contributed by atoms with van der Waals surface area (Å²) in [5.74, 6) is -0.412. The first-order chi connectivity index (χ1) is 15.3. The lowest BCUT2D eigenvalue weighted by Gasteiger charge is -2.12. The highest BCUT2D eigenvalue weighted by Gasteiger charge is 2.20. The van der Waals surface area contributed by atoms with Crippen molar-refractivity contribution in [1.29, 1.82) is 0 Å². The van der Waals surface area contributed by atoms with Crippen LogP contribution >= 0.6 is 23.4 Å². The van der Waals surface area contributed by atoms with Crippen LogP contribution in [0.1, 0.15) is 6.92 Å². The second-order valence-corrected chi connectivity index (χ2v) is 8.41. The van der Waals surface area contributed by atoms with Gasteiger partial charge in [0.05, 0.1) is 32.8 Å². The molecular formula is C20H15ClN6O4S. The van der Waals surface area contributed by atoms with Gasteiger partial charge in [-0.15, -0.1) is 0 Å². The fourth-order valence-electron chi connectivity index (χ4n) is 2.89. The van der Waals surface area contributed by atoms with Crippen molar-refractivity contribution in [3.63, 3.8) is 0 Å². The number of aromatic amines is 1. The van der Waals surface area contributed by atoms with Crippen LogP contribution in [-0.2, 0) is 4.79 Å². The molecule has 0 saturated carbocycles. The van der Waals surface area contributed by atoms with Crippen molar-refractivity contribution in [2.45, 2.75) is 17.3 Å². The number of amides is 1. The molecule has 2 heterocycles. The van der Waals surface area contributed by atoms with Gasteiger partial charge in [0.2, 0.25) is 5.91 Å². The number of carbonyl (C=O) groups is 1. The number of nitrogens with one attached hydrogen (secondary N) is 2. The summed E-state index contributed by atoms with van der Waals surface area (Å²) in [5.41, 5.74) is 0.809. The number of nitro benzene ring substituents is 1. The minimum Gasteiger partial charge on any atom is -0.324 e. The van der Waals surface area contributed by atoms with E-state index in [1.165, 1.54) is 18.3 Å². The van der Waals surface area contributed by atoms with E-state index < -0.39 is 16.1 Å². The molecule has 0 aliphatic carbocycles. The molecule has 4 aromatic rings. The van der Waals surface area contributed by atoms with E-state index in [1.54, 1.807) is 11.6 Å². The SMILES string of the molecule is C[C@@H](Sc1nc2c(cnn2-c2ccccc2)c(=O)[nH]1)C(=O)Nc1ccc([N+](=O)[O-])cc1Cl. The summed E-state index contributed by atoms with van der Waals surface area (Å²) in [6.45, 7) is 1.64. The maximum atomic E-state index is 12.6. The average Bonchev–Trinajstić information content (AvgIpc) is 3.20. The number of anilines is 1. The number of carbonyl (C=O) groups excluding carboxylic acids is 1. The zero-order valence-corrected chi connectivity index (χ0v) is 18.1. The zero-order valence-electron chi connectivity index (χ0n) is 16.5. The third-order valence-corrected chi connectivity index (χ3v) is 5.79. The third kappa shape index (κ3) is 4.34. The summed E-state index contributed by atoms with van der Waals surface area (Å²) in [4.78, 5) is 42.5. The van der Waals surface area contributed by atoms with E-state index in [9.17, 15) is 19.7 Å². The fraction of sp³-hybridized carbons (Fsp3) is 0.100. The predicted octanol–water partition coefficient (Wildman–Crippen LogP) is 3.79. The van der Waals surface area contributed by atoms with Gasteiger partial charge in [-0.05, 0) is 25.1 Å². The first-order valence-corrected chi connectivity index (χ1v) is 10.5. The van der Waals surface area contributed by atoms with Gasteiger partial charge in [-0.1, -0.05) is 41.6 Å². The van der Waals surface area contributed by atoms with Crippen LogP contribution in [-0.4, -0.2) is 35.8 Å². The van der Waals surface area contributed by atoms with Gasteiger partial charge in [0.15, 0.2) is 10.8 Å². The lowest BCUT2D eigenvalue weighted by Crippen LogP contribution is -2.23. The van der Waals surface area contributed by atoms with Crippen LogP contribution in [0.2, 0.25) is 5.02 Å². The molecule has 4 rings (SSSR count). The number of nitro groups is 1. The molecule has 162 valence electrons. The summed E-state index contributed by atoms with van der Waals surface area (Å²) in [6, 6.07) is 13.0. The number of para-hydroxylation sites is 1. The Morgan fingerprint density at radius 2 is 2.03 bits per heavy atom. The first kappa shape index (κ1) is 21.5. The molecule has 2 aromatic carbocycles. The van der Waals surface area contributed by atoms with Crippen molar-refractivity contribution in [3.05, 3.63) is 80.2 Å². The topological polar surface area (TPSA) is 136 Å². The number of hydrogen-bond donors (Lipinski definition) is 2. The van der Waals surface area contributed by atoms with Crippen LogP contribution in [0.15, 0.2) is 64.7 Å². The minimum atomic E-state index is -0.657. The quantitative estimate of drug-likeness (QED) is 0.189. The molecule has 0 bridgehead atoms. The normalized spacial score (nSPS) is 11.9. The summed E-state index contributed by atoms with van der Waals surface area (Å²) < 4.78 is 1.55. The first-order valence-electron chi connectivity index (χ1n) is 9.28. The maximum Gasteiger partial charge on any atom is 0.271 e. The Bertz CT molecular complexity index is 1390. The van der Waals surface area contributed by atoms with Crippen LogP contribution in [0.25, 0.3) is 16.7 Å². The number of non-ortho nitro benzene ring substituents is 1. The van der Waals surface area contributed by atoms with Crippen molar-refractivity contribution in [2.75, 3.05) is 5.32 Å². The number of hydrogen-bond acceptors (Lipinski definition) is 7. The Balaban J connectivity index is 1.56. The zero-order chi connectivity index (χ0) is 22.8. The predicted molar refractivity (Wildman–Crippen MR) is 122 cm³/mol. The van der Waals surface area contributed by atoms with E-state index in [1.807, 2.05) is 30.3 Å². The Morgan fingerprint density at radius 1 is 1.28 bits per heavy atom. The highest BCUT2D eigenvalue weighted by Crippen LogP contribution is 2.28. The molecule has 0 unspecified atom stereocenters. The number of fused-ring (bicyclic) bond motifs is 1. The molecule has 2 aromatic heterocycles. The molecule has 0 radical (unpaired) electrons. The second-order valence-electron chi connectivity index (χ2n) is 6.67. The van der Waals surface area contributed by atoms with Crippen LogP contribution in [0.4, 0.5) is 11.4 Å². The Labute approximate surface area is 189 Å². The molecule has 1 atom stereocenters. The van der Waals surface area contributed by atoms with Gasteiger partial charge < -0.3 is 10.3 Å². The molecule has 2 N–H and O–H groups in total. The molecule has 1 amide bonds. The van der Waals surface area contributed by atoms with Gasteiger partial charge in [-0.25, -0.2) is 9.67 Å². The molecule has 0 aliphatic rings. The lowest BCUT2D eigenvalue weighted by atomic mass is 10.2.